The van der Waals surface area contributed by atoms with Gasteiger partial charge in [0, 0.05) is 24.2 Å². The third-order valence-corrected chi connectivity index (χ3v) is 5.40. The molecule has 2 aliphatic rings. The number of primary amides is 1. The Bertz CT molecular complexity index is 829. The SMILES string of the molecule is NC(=O)c1cccc(C2=C[C@H]3CC[C@@H](C2)N3Cc2ccccc2)c1O. The number of carbonyl (C=O) groups is 1. The normalized spacial score (nSPS) is 22.6. The van der Waals surface area contributed by atoms with Crippen molar-refractivity contribution in [1.82, 2.24) is 4.90 Å². The first-order valence-corrected chi connectivity index (χ1v) is 8.76. The van der Waals surface area contributed by atoms with E-state index in [4.69, 9.17) is 5.73 Å². The summed E-state index contributed by atoms with van der Waals surface area (Å²) in [6.45, 7) is 0.952. The largest absolute Gasteiger partial charge is 0.506 e. The molecular formula is C21H22N2O2. The van der Waals surface area contributed by atoms with Crippen LogP contribution in [0.25, 0.3) is 5.57 Å². The molecule has 0 aliphatic carbocycles. The Morgan fingerprint density at radius 3 is 2.64 bits per heavy atom. The minimum Gasteiger partial charge on any atom is -0.506 e. The molecule has 1 saturated heterocycles. The fraction of sp³-hybridized carbons (Fsp3) is 0.286. The lowest BCUT2D eigenvalue weighted by Gasteiger charge is -2.34. The summed E-state index contributed by atoms with van der Waals surface area (Å²) >= 11 is 0. The van der Waals surface area contributed by atoms with Crippen molar-refractivity contribution in [2.45, 2.75) is 37.9 Å². The summed E-state index contributed by atoms with van der Waals surface area (Å²) in [5, 5.41) is 10.5. The molecule has 25 heavy (non-hydrogen) atoms. The van der Waals surface area contributed by atoms with Crippen molar-refractivity contribution in [1.29, 1.82) is 0 Å². The van der Waals surface area contributed by atoms with Gasteiger partial charge in [0.25, 0.3) is 5.91 Å². The summed E-state index contributed by atoms with van der Waals surface area (Å²) in [4.78, 5) is 14.0. The highest BCUT2D eigenvalue weighted by atomic mass is 16.3. The molecule has 2 atom stereocenters. The molecule has 2 aromatic carbocycles. The highest BCUT2D eigenvalue weighted by Gasteiger charge is 2.37. The molecule has 1 fully saturated rings. The highest BCUT2D eigenvalue weighted by Crippen LogP contribution is 2.41. The van der Waals surface area contributed by atoms with Gasteiger partial charge in [-0.05, 0) is 36.5 Å². The van der Waals surface area contributed by atoms with Crippen LogP contribution >= 0.6 is 0 Å². The molecular weight excluding hydrogens is 312 g/mol. The summed E-state index contributed by atoms with van der Waals surface area (Å²) in [7, 11) is 0. The number of carbonyl (C=O) groups excluding carboxylic acids is 1. The van der Waals surface area contributed by atoms with Crippen molar-refractivity contribution >= 4 is 11.5 Å². The van der Waals surface area contributed by atoms with Gasteiger partial charge < -0.3 is 10.8 Å². The molecule has 2 heterocycles. The zero-order valence-electron chi connectivity index (χ0n) is 14.1. The lowest BCUT2D eigenvalue weighted by atomic mass is 9.92. The van der Waals surface area contributed by atoms with Crippen molar-refractivity contribution in [3.63, 3.8) is 0 Å². The molecule has 2 aliphatic heterocycles. The van der Waals surface area contributed by atoms with Gasteiger partial charge in [-0.2, -0.15) is 0 Å². The average Bonchev–Trinajstić information content (AvgIpc) is 2.84. The number of amides is 1. The van der Waals surface area contributed by atoms with Crippen molar-refractivity contribution in [3.05, 3.63) is 71.3 Å². The molecule has 0 radical (unpaired) electrons. The summed E-state index contributed by atoms with van der Waals surface area (Å²) in [5.41, 5.74) is 8.75. The van der Waals surface area contributed by atoms with Crippen LogP contribution in [0.5, 0.6) is 5.75 Å². The van der Waals surface area contributed by atoms with Gasteiger partial charge >= 0.3 is 0 Å². The van der Waals surface area contributed by atoms with Gasteiger partial charge in [0.05, 0.1) is 5.56 Å². The van der Waals surface area contributed by atoms with Gasteiger partial charge in [-0.15, -0.1) is 0 Å². The molecule has 2 bridgehead atoms. The molecule has 0 aromatic heterocycles. The van der Waals surface area contributed by atoms with E-state index in [1.807, 2.05) is 12.1 Å². The van der Waals surface area contributed by atoms with Gasteiger partial charge in [-0.3, -0.25) is 9.69 Å². The zero-order chi connectivity index (χ0) is 17.4. The first-order valence-electron chi connectivity index (χ1n) is 8.76. The fourth-order valence-electron chi connectivity index (χ4n) is 4.16. The maximum atomic E-state index is 11.5. The number of benzene rings is 2. The monoisotopic (exact) mass is 334 g/mol. The predicted octanol–water partition coefficient (Wildman–Crippen LogP) is 3.31. The molecule has 4 heteroatoms. The number of para-hydroxylation sites is 1. The number of hydrogen-bond acceptors (Lipinski definition) is 3. The second-order valence-electron chi connectivity index (χ2n) is 6.92. The number of nitrogens with zero attached hydrogens (tertiary/aromatic N) is 1. The Morgan fingerprint density at radius 2 is 1.92 bits per heavy atom. The van der Waals surface area contributed by atoms with Crippen LogP contribution in [-0.2, 0) is 6.54 Å². The number of phenols is 1. The Kier molecular flexibility index (Phi) is 4.06. The van der Waals surface area contributed by atoms with Crippen LogP contribution in [0.3, 0.4) is 0 Å². The van der Waals surface area contributed by atoms with E-state index in [2.05, 4.69) is 35.2 Å². The van der Waals surface area contributed by atoms with Gasteiger partial charge in [-0.1, -0.05) is 48.5 Å². The van der Waals surface area contributed by atoms with Crippen molar-refractivity contribution in [2.24, 2.45) is 5.73 Å². The molecule has 0 unspecified atom stereocenters. The van der Waals surface area contributed by atoms with Crippen LogP contribution in [0.4, 0.5) is 0 Å². The predicted molar refractivity (Wildman–Crippen MR) is 98.0 cm³/mol. The van der Waals surface area contributed by atoms with E-state index in [0.29, 0.717) is 12.1 Å². The quantitative estimate of drug-likeness (QED) is 0.901. The van der Waals surface area contributed by atoms with E-state index in [0.717, 1.165) is 36.9 Å². The smallest absolute Gasteiger partial charge is 0.252 e. The van der Waals surface area contributed by atoms with E-state index in [-0.39, 0.29) is 11.3 Å². The second kappa shape index (κ2) is 6.37. The first-order chi connectivity index (χ1) is 12.1. The van der Waals surface area contributed by atoms with E-state index in [9.17, 15) is 9.90 Å². The third kappa shape index (κ3) is 2.94. The van der Waals surface area contributed by atoms with Gasteiger partial charge in [-0.25, -0.2) is 0 Å². The topological polar surface area (TPSA) is 66.6 Å². The van der Waals surface area contributed by atoms with Crippen LogP contribution in [-0.4, -0.2) is 28.0 Å². The van der Waals surface area contributed by atoms with Gasteiger partial charge in [0.1, 0.15) is 5.75 Å². The van der Waals surface area contributed by atoms with E-state index in [1.165, 1.54) is 5.56 Å². The Balaban J connectivity index is 1.62. The summed E-state index contributed by atoms with van der Waals surface area (Å²) in [6.07, 6.45) is 5.44. The number of hydrogen-bond donors (Lipinski definition) is 2. The summed E-state index contributed by atoms with van der Waals surface area (Å²) in [6, 6.07) is 16.6. The second-order valence-corrected chi connectivity index (χ2v) is 6.92. The first kappa shape index (κ1) is 15.9. The lowest BCUT2D eigenvalue weighted by molar-refractivity contribution is 0.0997. The fourth-order valence-corrected chi connectivity index (χ4v) is 4.16. The summed E-state index contributed by atoms with van der Waals surface area (Å²) in [5.74, 6) is -0.582. The molecule has 4 nitrogen and oxygen atoms in total. The minimum absolute atomic E-state index is 0.0113. The molecule has 0 saturated carbocycles. The zero-order valence-corrected chi connectivity index (χ0v) is 14.1. The van der Waals surface area contributed by atoms with Gasteiger partial charge in [0.2, 0.25) is 0 Å². The van der Waals surface area contributed by atoms with Crippen molar-refractivity contribution in [3.8, 4) is 5.75 Å². The van der Waals surface area contributed by atoms with E-state index in [1.54, 1.807) is 12.1 Å². The average molecular weight is 334 g/mol. The number of aromatic hydroxyl groups is 1. The number of fused-ring (bicyclic) bond motifs is 2. The lowest BCUT2D eigenvalue weighted by Crippen LogP contribution is -2.37. The standard InChI is InChI=1S/C21H22N2O2/c22-21(25)19-8-4-7-18(20(19)24)15-11-16-9-10-17(12-15)23(16)13-14-5-2-1-3-6-14/h1-8,11,16-17,24H,9-10,12-13H2,(H2,22,25)/t16-,17+/m1/s1. The highest BCUT2D eigenvalue weighted by molar-refractivity contribution is 5.97. The van der Waals surface area contributed by atoms with Crippen LogP contribution in [0.2, 0.25) is 0 Å². The molecule has 3 N–H and O–H groups in total. The third-order valence-electron chi connectivity index (χ3n) is 5.40. The van der Waals surface area contributed by atoms with Crippen LogP contribution in [0.15, 0.2) is 54.6 Å². The van der Waals surface area contributed by atoms with Crippen LogP contribution < -0.4 is 5.73 Å². The molecule has 4 rings (SSSR count). The number of nitrogens with two attached hydrogens (primary N) is 1. The molecule has 0 spiro atoms. The summed E-state index contributed by atoms with van der Waals surface area (Å²) < 4.78 is 0. The molecule has 2 aromatic rings. The Morgan fingerprint density at radius 1 is 1.12 bits per heavy atom. The number of rotatable bonds is 4. The van der Waals surface area contributed by atoms with Crippen molar-refractivity contribution in [2.75, 3.05) is 0 Å². The minimum atomic E-state index is -0.593. The maximum Gasteiger partial charge on any atom is 0.252 e. The Hall–Kier alpha value is -2.59. The maximum absolute atomic E-state index is 11.5. The van der Waals surface area contributed by atoms with E-state index < -0.39 is 5.91 Å². The molecule has 1 amide bonds. The van der Waals surface area contributed by atoms with Gasteiger partial charge in [0.15, 0.2) is 0 Å². The van der Waals surface area contributed by atoms with Crippen molar-refractivity contribution < 1.29 is 9.90 Å². The Labute approximate surface area is 147 Å². The van der Waals surface area contributed by atoms with E-state index >= 15 is 0 Å². The van der Waals surface area contributed by atoms with Crippen LogP contribution in [0, 0.1) is 0 Å². The molecule has 128 valence electrons. The van der Waals surface area contributed by atoms with Crippen LogP contribution in [0.1, 0.15) is 40.7 Å².